The molecule has 0 radical (unpaired) electrons. The van der Waals surface area contributed by atoms with Crippen LogP contribution in [0.2, 0.25) is 5.02 Å². The number of carboxylic acid groups (broad SMARTS) is 1. The van der Waals surface area contributed by atoms with E-state index in [-0.39, 0.29) is 11.5 Å². The average Bonchev–Trinajstić information content (AvgIpc) is 2.76. The summed E-state index contributed by atoms with van der Waals surface area (Å²) in [5.74, 6) is -0.598. The fraction of sp³-hybridized carbons (Fsp3) is 0.154. The van der Waals surface area contributed by atoms with Crippen LogP contribution in [0.3, 0.4) is 0 Å². The summed E-state index contributed by atoms with van der Waals surface area (Å²) in [6.07, 6.45) is 0. The molecule has 2 aromatic rings. The number of thiophene rings is 1. The minimum atomic E-state index is -0.977. The van der Waals surface area contributed by atoms with Gasteiger partial charge in [-0.15, -0.1) is 11.3 Å². The molecule has 0 aliphatic heterocycles. The molecule has 0 bridgehead atoms. The molecule has 1 aromatic carbocycles. The highest BCUT2D eigenvalue weighted by Crippen LogP contribution is 2.26. The number of rotatable bonds is 4. The highest BCUT2D eigenvalue weighted by atomic mass is 35.5. The van der Waals surface area contributed by atoms with Gasteiger partial charge in [0.15, 0.2) is 4.88 Å². The van der Waals surface area contributed by atoms with Crippen molar-refractivity contribution in [2.45, 2.75) is 13.5 Å². The standard InChI is InChI=1S/C13H11ClO3S/c1-8-2-3-9(10(14)6-8)7-17-11-4-5-18-12(11)13(15)16/h2-6H,7H2,1H3,(H,15,16). The van der Waals surface area contributed by atoms with Gasteiger partial charge in [0, 0.05) is 10.6 Å². The van der Waals surface area contributed by atoms with E-state index in [1.807, 2.05) is 25.1 Å². The maximum absolute atomic E-state index is 10.9. The molecule has 0 fully saturated rings. The molecule has 0 saturated carbocycles. The second kappa shape index (κ2) is 5.42. The first kappa shape index (κ1) is 12.9. The summed E-state index contributed by atoms with van der Waals surface area (Å²) in [5.41, 5.74) is 1.91. The normalized spacial score (nSPS) is 10.3. The topological polar surface area (TPSA) is 46.5 Å². The quantitative estimate of drug-likeness (QED) is 0.922. The van der Waals surface area contributed by atoms with Gasteiger partial charge in [-0.3, -0.25) is 0 Å². The van der Waals surface area contributed by atoms with Gasteiger partial charge in [-0.1, -0.05) is 23.7 Å². The fourth-order valence-corrected chi connectivity index (χ4v) is 2.45. The van der Waals surface area contributed by atoms with Crippen LogP contribution >= 0.6 is 22.9 Å². The van der Waals surface area contributed by atoms with Crippen molar-refractivity contribution in [3.63, 3.8) is 0 Å². The lowest BCUT2D eigenvalue weighted by Gasteiger charge is -2.07. The van der Waals surface area contributed by atoms with E-state index in [0.717, 1.165) is 22.5 Å². The molecule has 3 nitrogen and oxygen atoms in total. The van der Waals surface area contributed by atoms with Crippen LogP contribution in [0.4, 0.5) is 0 Å². The minimum Gasteiger partial charge on any atom is -0.487 e. The molecule has 0 saturated heterocycles. The number of benzene rings is 1. The van der Waals surface area contributed by atoms with E-state index in [1.54, 1.807) is 11.4 Å². The molecule has 0 spiro atoms. The monoisotopic (exact) mass is 282 g/mol. The number of halogens is 1. The molecule has 0 aliphatic carbocycles. The molecule has 94 valence electrons. The summed E-state index contributed by atoms with van der Waals surface area (Å²) >= 11 is 7.22. The van der Waals surface area contributed by atoms with E-state index < -0.39 is 5.97 Å². The van der Waals surface area contributed by atoms with Crippen molar-refractivity contribution in [1.82, 2.24) is 0 Å². The van der Waals surface area contributed by atoms with E-state index >= 15 is 0 Å². The van der Waals surface area contributed by atoms with Crippen molar-refractivity contribution in [2.75, 3.05) is 0 Å². The molecule has 1 heterocycles. The number of ether oxygens (including phenoxy) is 1. The van der Waals surface area contributed by atoms with Crippen molar-refractivity contribution in [3.05, 3.63) is 50.7 Å². The van der Waals surface area contributed by atoms with Crippen molar-refractivity contribution >= 4 is 28.9 Å². The molecule has 2 rings (SSSR count). The number of hydrogen-bond acceptors (Lipinski definition) is 3. The molecule has 5 heteroatoms. The molecule has 1 aromatic heterocycles. The second-order valence-electron chi connectivity index (χ2n) is 3.80. The SMILES string of the molecule is Cc1ccc(COc2ccsc2C(=O)O)c(Cl)c1. The Labute approximate surface area is 114 Å². The summed E-state index contributed by atoms with van der Waals surface area (Å²) in [5, 5.41) is 11.3. The van der Waals surface area contributed by atoms with Crippen LogP contribution in [-0.2, 0) is 6.61 Å². The lowest BCUT2D eigenvalue weighted by molar-refractivity contribution is 0.0697. The third-order valence-electron chi connectivity index (χ3n) is 2.42. The number of aromatic carboxylic acids is 1. The van der Waals surface area contributed by atoms with Gasteiger partial charge in [0.05, 0.1) is 0 Å². The van der Waals surface area contributed by atoms with Gasteiger partial charge in [-0.05, 0) is 30.0 Å². The van der Waals surface area contributed by atoms with Crippen LogP contribution in [0.1, 0.15) is 20.8 Å². The van der Waals surface area contributed by atoms with Crippen molar-refractivity contribution in [1.29, 1.82) is 0 Å². The number of carboxylic acids is 1. The molecule has 0 atom stereocenters. The van der Waals surface area contributed by atoms with E-state index in [2.05, 4.69) is 0 Å². The third-order valence-corrected chi connectivity index (χ3v) is 3.65. The largest absolute Gasteiger partial charge is 0.487 e. The Bertz CT molecular complexity index is 577. The van der Waals surface area contributed by atoms with Gasteiger partial charge in [0.2, 0.25) is 0 Å². The van der Waals surface area contributed by atoms with Crippen LogP contribution < -0.4 is 4.74 Å². The van der Waals surface area contributed by atoms with Crippen molar-refractivity contribution in [2.24, 2.45) is 0 Å². The first-order chi connectivity index (χ1) is 8.58. The molecular formula is C13H11ClO3S. The molecule has 0 aliphatic rings. The smallest absolute Gasteiger partial charge is 0.349 e. The van der Waals surface area contributed by atoms with Crippen LogP contribution in [-0.4, -0.2) is 11.1 Å². The zero-order valence-corrected chi connectivity index (χ0v) is 11.2. The Morgan fingerprint density at radius 1 is 1.44 bits per heavy atom. The zero-order valence-electron chi connectivity index (χ0n) is 9.64. The van der Waals surface area contributed by atoms with Gasteiger partial charge in [0.25, 0.3) is 0 Å². The van der Waals surface area contributed by atoms with Gasteiger partial charge < -0.3 is 9.84 Å². The van der Waals surface area contributed by atoms with Crippen molar-refractivity contribution in [3.8, 4) is 5.75 Å². The van der Waals surface area contributed by atoms with Gasteiger partial charge in [-0.2, -0.15) is 0 Å². The third kappa shape index (κ3) is 2.83. The molecule has 0 amide bonds. The van der Waals surface area contributed by atoms with Gasteiger partial charge in [0.1, 0.15) is 12.4 Å². The maximum Gasteiger partial charge on any atom is 0.349 e. The van der Waals surface area contributed by atoms with Gasteiger partial charge >= 0.3 is 5.97 Å². The Kier molecular flexibility index (Phi) is 3.89. The predicted octanol–water partition coefficient (Wildman–Crippen LogP) is 3.99. The van der Waals surface area contributed by atoms with Crippen molar-refractivity contribution < 1.29 is 14.6 Å². The second-order valence-corrected chi connectivity index (χ2v) is 5.13. The molecular weight excluding hydrogens is 272 g/mol. The summed E-state index contributed by atoms with van der Waals surface area (Å²) < 4.78 is 5.49. The summed E-state index contributed by atoms with van der Waals surface area (Å²) in [7, 11) is 0. The average molecular weight is 283 g/mol. The number of aryl methyl sites for hydroxylation is 1. The van der Waals surface area contributed by atoms with Crippen LogP contribution in [0.5, 0.6) is 5.75 Å². The van der Waals surface area contributed by atoms with Gasteiger partial charge in [-0.25, -0.2) is 4.79 Å². The fourth-order valence-electron chi connectivity index (χ4n) is 1.49. The minimum absolute atomic E-state index is 0.207. The van der Waals surface area contributed by atoms with Crippen LogP contribution in [0.25, 0.3) is 0 Å². The first-order valence-electron chi connectivity index (χ1n) is 5.26. The first-order valence-corrected chi connectivity index (χ1v) is 6.52. The highest BCUT2D eigenvalue weighted by Gasteiger charge is 2.13. The molecule has 18 heavy (non-hydrogen) atoms. The summed E-state index contributed by atoms with van der Waals surface area (Å²) in [6, 6.07) is 7.32. The van der Waals surface area contributed by atoms with Crippen LogP contribution in [0.15, 0.2) is 29.6 Å². The zero-order chi connectivity index (χ0) is 13.1. The molecule has 1 N–H and O–H groups in total. The Hall–Kier alpha value is -1.52. The lowest BCUT2D eigenvalue weighted by Crippen LogP contribution is -2.00. The Morgan fingerprint density at radius 2 is 2.22 bits per heavy atom. The van der Waals surface area contributed by atoms with Crippen LogP contribution in [0, 0.1) is 6.92 Å². The summed E-state index contributed by atoms with van der Waals surface area (Å²) in [6.45, 7) is 2.22. The van der Waals surface area contributed by atoms with E-state index in [1.165, 1.54) is 0 Å². The van der Waals surface area contributed by atoms with E-state index in [0.29, 0.717) is 10.8 Å². The lowest BCUT2D eigenvalue weighted by atomic mass is 10.2. The maximum atomic E-state index is 10.9. The summed E-state index contributed by atoms with van der Waals surface area (Å²) in [4.78, 5) is 11.1. The number of carbonyl (C=O) groups is 1. The predicted molar refractivity (Wildman–Crippen MR) is 71.8 cm³/mol. The van der Waals surface area contributed by atoms with E-state index in [4.69, 9.17) is 21.4 Å². The Morgan fingerprint density at radius 3 is 2.89 bits per heavy atom. The number of hydrogen-bond donors (Lipinski definition) is 1. The Balaban J connectivity index is 2.11. The van der Waals surface area contributed by atoms with E-state index in [9.17, 15) is 4.79 Å². The molecule has 0 unspecified atom stereocenters. The highest BCUT2D eigenvalue weighted by molar-refractivity contribution is 7.12.